The van der Waals surface area contributed by atoms with Gasteiger partial charge in [-0.15, -0.1) is 0 Å². The lowest BCUT2D eigenvalue weighted by Crippen LogP contribution is -2.30. The molecule has 1 atom stereocenters. The van der Waals surface area contributed by atoms with E-state index in [9.17, 15) is 0 Å². The smallest absolute Gasteiger partial charge is 0.0638 e. The first-order valence-corrected chi connectivity index (χ1v) is 4.24. The lowest BCUT2D eigenvalue weighted by molar-refractivity contribution is 0.266. The van der Waals surface area contributed by atoms with Gasteiger partial charge in [0.05, 0.1) is 12.6 Å². The van der Waals surface area contributed by atoms with Crippen LogP contribution in [-0.4, -0.2) is 24.8 Å². The zero-order chi connectivity index (χ0) is 8.55. The van der Waals surface area contributed by atoms with E-state index < -0.39 is 0 Å². The fourth-order valence-electron chi connectivity index (χ4n) is 1.80. The van der Waals surface area contributed by atoms with Crippen molar-refractivity contribution in [3.8, 4) is 0 Å². The van der Waals surface area contributed by atoms with Crippen LogP contribution < -0.4 is 4.90 Å². The lowest BCUT2D eigenvalue weighted by atomic mass is 10.1. The van der Waals surface area contributed by atoms with Gasteiger partial charge in [-0.25, -0.2) is 0 Å². The van der Waals surface area contributed by atoms with Crippen LogP contribution in [-0.2, 0) is 6.42 Å². The number of hydrogen-bond donors (Lipinski definition) is 1. The van der Waals surface area contributed by atoms with Crippen molar-refractivity contribution in [2.24, 2.45) is 0 Å². The van der Waals surface area contributed by atoms with E-state index in [1.165, 1.54) is 11.3 Å². The number of nitrogens with zero attached hydrogens (tertiary/aromatic N) is 1. The Balaban J connectivity index is 2.35. The second-order valence-electron chi connectivity index (χ2n) is 3.28. The number of anilines is 1. The molecule has 0 aromatic heterocycles. The van der Waals surface area contributed by atoms with Crippen LogP contribution in [0.1, 0.15) is 5.56 Å². The molecule has 64 valence electrons. The van der Waals surface area contributed by atoms with Crippen molar-refractivity contribution < 1.29 is 5.11 Å². The van der Waals surface area contributed by atoms with Gasteiger partial charge in [-0.05, 0) is 18.1 Å². The van der Waals surface area contributed by atoms with Crippen molar-refractivity contribution in [3.05, 3.63) is 29.8 Å². The van der Waals surface area contributed by atoms with Crippen molar-refractivity contribution >= 4 is 5.69 Å². The van der Waals surface area contributed by atoms with Crippen LogP contribution in [0.2, 0.25) is 0 Å². The quantitative estimate of drug-likeness (QED) is 0.668. The van der Waals surface area contributed by atoms with Crippen LogP contribution >= 0.6 is 0 Å². The molecule has 1 aromatic carbocycles. The summed E-state index contributed by atoms with van der Waals surface area (Å²) in [7, 11) is 2.03. The molecule has 1 N–H and O–H groups in total. The minimum absolute atomic E-state index is 0.241. The molecule has 1 aliphatic rings. The second-order valence-corrected chi connectivity index (χ2v) is 3.28. The summed E-state index contributed by atoms with van der Waals surface area (Å²) in [4.78, 5) is 2.15. The fraction of sp³-hybridized carbons (Fsp3) is 0.400. The molecule has 1 aromatic rings. The number of aliphatic hydroxyl groups is 1. The van der Waals surface area contributed by atoms with E-state index in [-0.39, 0.29) is 12.6 Å². The molecule has 2 rings (SSSR count). The topological polar surface area (TPSA) is 23.5 Å². The highest BCUT2D eigenvalue weighted by molar-refractivity contribution is 5.58. The predicted octanol–water partition coefficient (Wildman–Crippen LogP) is 1.04. The third kappa shape index (κ3) is 0.994. The third-order valence-electron chi connectivity index (χ3n) is 2.59. The van der Waals surface area contributed by atoms with E-state index in [4.69, 9.17) is 5.11 Å². The van der Waals surface area contributed by atoms with E-state index >= 15 is 0 Å². The van der Waals surface area contributed by atoms with Crippen LogP contribution in [0.5, 0.6) is 0 Å². The zero-order valence-electron chi connectivity index (χ0n) is 7.20. The normalized spacial score (nSPS) is 21.2. The number of fused-ring (bicyclic) bond motifs is 1. The standard InChI is InChI=1S/C10H13NO/c1-11-9(7-12)6-8-4-2-3-5-10(8)11/h2-5,9,12H,6-7H2,1H3/t9-/m1/s1. The monoisotopic (exact) mass is 163 g/mol. The molecule has 0 unspecified atom stereocenters. The van der Waals surface area contributed by atoms with E-state index in [2.05, 4.69) is 17.0 Å². The largest absolute Gasteiger partial charge is 0.394 e. The number of rotatable bonds is 1. The number of likely N-dealkylation sites (N-methyl/N-ethyl adjacent to an activating group) is 1. The predicted molar refractivity (Wildman–Crippen MR) is 49.4 cm³/mol. The molecule has 0 amide bonds. The van der Waals surface area contributed by atoms with E-state index in [1.807, 2.05) is 19.2 Å². The third-order valence-corrected chi connectivity index (χ3v) is 2.59. The maximum atomic E-state index is 9.07. The summed E-state index contributed by atoms with van der Waals surface area (Å²) < 4.78 is 0. The maximum absolute atomic E-state index is 9.07. The second kappa shape index (κ2) is 2.79. The molecule has 0 fully saturated rings. The molecule has 0 saturated carbocycles. The van der Waals surface area contributed by atoms with Gasteiger partial charge in [0.15, 0.2) is 0 Å². The van der Waals surface area contributed by atoms with E-state index in [0.717, 1.165) is 6.42 Å². The number of hydrogen-bond acceptors (Lipinski definition) is 2. The molecule has 0 saturated heterocycles. The highest BCUT2D eigenvalue weighted by Gasteiger charge is 2.24. The van der Waals surface area contributed by atoms with Crippen LogP contribution in [0.25, 0.3) is 0 Å². The molecule has 0 aliphatic carbocycles. The van der Waals surface area contributed by atoms with Gasteiger partial charge in [0.25, 0.3) is 0 Å². The van der Waals surface area contributed by atoms with Gasteiger partial charge in [0.1, 0.15) is 0 Å². The summed E-state index contributed by atoms with van der Waals surface area (Å²) in [6.07, 6.45) is 0.975. The lowest BCUT2D eigenvalue weighted by Gasteiger charge is -2.19. The van der Waals surface area contributed by atoms with E-state index in [0.29, 0.717) is 0 Å². The first-order valence-electron chi connectivity index (χ1n) is 4.24. The molecule has 0 bridgehead atoms. The average molecular weight is 163 g/mol. The van der Waals surface area contributed by atoms with Gasteiger partial charge >= 0.3 is 0 Å². The Hall–Kier alpha value is -1.02. The highest BCUT2D eigenvalue weighted by Crippen LogP contribution is 2.29. The summed E-state index contributed by atoms with van der Waals surface area (Å²) in [5.74, 6) is 0. The number of benzene rings is 1. The zero-order valence-corrected chi connectivity index (χ0v) is 7.20. The van der Waals surface area contributed by atoms with Gasteiger partial charge in [-0.1, -0.05) is 18.2 Å². The Morgan fingerprint density at radius 3 is 2.92 bits per heavy atom. The van der Waals surface area contributed by atoms with E-state index in [1.54, 1.807) is 0 Å². The van der Waals surface area contributed by atoms with Crippen molar-refractivity contribution in [1.29, 1.82) is 0 Å². The summed E-state index contributed by atoms with van der Waals surface area (Å²) in [6.45, 7) is 0.241. The van der Waals surface area contributed by atoms with Crippen molar-refractivity contribution in [2.45, 2.75) is 12.5 Å². The van der Waals surface area contributed by atoms with Gasteiger partial charge in [0, 0.05) is 12.7 Å². The van der Waals surface area contributed by atoms with Crippen LogP contribution in [0, 0.1) is 0 Å². The minimum atomic E-state index is 0.241. The number of aliphatic hydroxyl groups excluding tert-OH is 1. The highest BCUT2D eigenvalue weighted by atomic mass is 16.3. The molecule has 0 spiro atoms. The van der Waals surface area contributed by atoms with Crippen molar-refractivity contribution in [2.75, 3.05) is 18.6 Å². The van der Waals surface area contributed by atoms with Crippen LogP contribution in [0.4, 0.5) is 5.69 Å². The Bertz CT molecular complexity index is 285. The summed E-state index contributed by atoms with van der Waals surface area (Å²) in [5.41, 5.74) is 2.61. The van der Waals surface area contributed by atoms with Gasteiger partial charge < -0.3 is 10.0 Å². The Labute approximate surface area is 72.4 Å². The van der Waals surface area contributed by atoms with Crippen molar-refractivity contribution in [1.82, 2.24) is 0 Å². The Morgan fingerprint density at radius 1 is 1.50 bits per heavy atom. The first-order chi connectivity index (χ1) is 5.83. The van der Waals surface area contributed by atoms with Gasteiger partial charge in [0.2, 0.25) is 0 Å². The Kier molecular flexibility index (Phi) is 1.77. The molecule has 1 heterocycles. The minimum Gasteiger partial charge on any atom is -0.394 e. The van der Waals surface area contributed by atoms with Crippen LogP contribution in [0.15, 0.2) is 24.3 Å². The molecule has 2 heteroatoms. The SMILES string of the molecule is CN1c2ccccc2C[C@@H]1CO. The molecule has 0 radical (unpaired) electrons. The molecular weight excluding hydrogens is 150 g/mol. The summed E-state index contributed by atoms with van der Waals surface area (Å²) in [5, 5.41) is 9.07. The van der Waals surface area contributed by atoms with Crippen LogP contribution in [0.3, 0.4) is 0 Å². The van der Waals surface area contributed by atoms with Crippen molar-refractivity contribution in [3.63, 3.8) is 0 Å². The molecule has 2 nitrogen and oxygen atoms in total. The Morgan fingerprint density at radius 2 is 2.25 bits per heavy atom. The van der Waals surface area contributed by atoms with Gasteiger partial charge in [-0.3, -0.25) is 0 Å². The molecular formula is C10H13NO. The van der Waals surface area contributed by atoms with Gasteiger partial charge in [-0.2, -0.15) is 0 Å². The maximum Gasteiger partial charge on any atom is 0.0638 e. The summed E-state index contributed by atoms with van der Waals surface area (Å²) >= 11 is 0. The molecule has 1 aliphatic heterocycles. The first kappa shape index (κ1) is 7.62. The summed E-state index contributed by atoms with van der Waals surface area (Å²) in [6, 6.07) is 8.59. The number of para-hydroxylation sites is 1. The average Bonchev–Trinajstić information content (AvgIpc) is 2.44. The molecule has 12 heavy (non-hydrogen) atoms. The fourth-order valence-corrected chi connectivity index (χ4v) is 1.80.